The van der Waals surface area contributed by atoms with Gasteiger partial charge in [-0.15, -0.1) is 0 Å². The molecule has 5 nitrogen and oxygen atoms in total. The normalized spacial score (nSPS) is 14.3. The molecular weight excluding hydrogens is 348 g/mol. The average Bonchev–Trinajstić information content (AvgIpc) is 3.03. The Morgan fingerprint density at radius 3 is 2.38 bits per heavy atom. The second kappa shape index (κ2) is 6.85. The minimum absolute atomic E-state index is 0.0468. The SMILES string of the molecule is CC(C)(C)c1ccc(S(=O)(=O)NCC(=O)N2CCc3ccccc32)cc1. The maximum Gasteiger partial charge on any atom is 0.242 e. The highest BCUT2D eigenvalue weighted by Gasteiger charge is 2.25. The Kier molecular flexibility index (Phi) is 4.90. The molecule has 0 atom stereocenters. The van der Waals surface area contributed by atoms with Crippen LogP contribution in [0.1, 0.15) is 31.9 Å². The molecule has 0 bridgehead atoms. The first-order chi connectivity index (χ1) is 12.2. The van der Waals surface area contributed by atoms with Crippen LogP contribution in [0.2, 0.25) is 0 Å². The number of carbonyl (C=O) groups is 1. The van der Waals surface area contributed by atoms with Crippen LogP contribution in [0.25, 0.3) is 0 Å². The molecule has 0 unspecified atom stereocenters. The number of nitrogens with zero attached hydrogens (tertiary/aromatic N) is 1. The second-order valence-corrected chi connectivity index (χ2v) is 9.29. The Morgan fingerprint density at radius 2 is 1.73 bits per heavy atom. The molecule has 1 aliphatic rings. The largest absolute Gasteiger partial charge is 0.311 e. The summed E-state index contributed by atoms with van der Waals surface area (Å²) >= 11 is 0. The predicted molar refractivity (Wildman–Crippen MR) is 103 cm³/mol. The first kappa shape index (κ1) is 18.6. The monoisotopic (exact) mass is 372 g/mol. The van der Waals surface area contributed by atoms with E-state index in [0.29, 0.717) is 6.54 Å². The Morgan fingerprint density at radius 1 is 1.08 bits per heavy atom. The zero-order chi connectivity index (χ0) is 18.9. The topological polar surface area (TPSA) is 66.5 Å². The number of sulfonamides is 1. The van der Waals surface area contributed by atoms with Crippen LogP contribution >= 0.6 is 0 Å². The van der Waals surface area contributed by atoms with E-state index < -0.39 is 10.0 Å². The Labute approximate surface area is 155 Å². The highest BCUT2D eigenvalue weighted by molar-refractivity contribution is 7.89. The molecule has 0 aliphatic carbocycles. The van der Waals surface area contributed by atoms with Crippen LogP contribution in [0, 0.1) is 0 Å². The predicted octanol–water partition coefficient (Wildman–Crippen LogP) is 2.85. The number of benzene rings is 2. The summed E-state index contributed by atoms with van der Waals surface area (Å²) in [5.74, 6) is -0.246. The van der Waals surface area contributed by atoms with Crippen LogP contribution in [0.5, 0.6) is 0 Å². The summed E-state index contributed by atoms with van der Waals surface area (Å²) in [6.07, 6.45) is 0.795. The number of hydrogen-bond donors (Lipinski definition) is 1. The Hall–Kier alpha value is -2.18. The van der Waals surface area contributed by atoms with E-state index in [2.05, 4.69) is 25.5 Å². The lowest BCUT2D eigenvalue weighted by molar-refractivity contribution is -0.117. The van der Waals surface area contributed by atoms with Crippen molar-refractivity contribution in [2.24, 2.45) is 0 Å². The molecule has 0 spiro atoms. The highest BCUT2D eigenvalue weighted by Crippen LogP contribution is 2.27. The van der Waals surface area contributed by atoms with Crippen LogP contribution in [-0.4, -0.2) is 27.4 Å². The van der Waals surface area contributed by atoms with Crippen molar-refractivity contribution >= 4 is 21.6 Å². The third kappa shape index (κ3) is 3.81. The van der Waals surface area contributed by atoms with Gasteiger partial charge in [-0.25, -0.2) is 13.1 Å². The lowest BCUT2D eigenvalue weighted by Crippen LogP contribution is -2.39. The van der Waals surface area contributed by atoms with Crippen LogP contribution in [0.3, 0.4) is 0 Å². The van der Waals surface area contributed by atoms with Gasteiger partial charge in [0.1, 0.15) is 0 Å². The zero-order valence-electron chi connectivity index (χ0n) is 15.3. The van der Waals surface area contributed by atoms with E-state index in [-0.39, 0.29) is 22.8 Å². The maximum absolute atomic E-state index is 12.5. The average molecular weight is 372 g/mol. The van der Waals surface area contributed by atoms with Crippen LogP contribution in [-0.2, 0) is 26.7 Å². The molecule has 0 fully saturated rings. The van der Waals surface area contributed by atoms with Crippen molar-refractivity contribution in [1.29, 1.82) is 0 Å². The first-order valence-corrected chi connectivity index (χ1v) is 10.2. The minimum atomic E-state index is -3.72. The van der Waals surface area contributed by atoms with Gasteiger partial charge in [-0.2, -0.15) is 0 Å². The lowest BCUT2D eigenvalue weighted by Gasteiger charge is -2.19. The number of para-hydroxylation sites is 1. The molecule has 0 radical (unpaired) electrons. The molecule has 26 heavy (non-hydrogen) atoms. The van der Waals surface area contributed by atoms with E-state index >= 15 is 0 Å². The van der Waals surface area contributed by atoms with E-state index in [1.54, 1.807) is 17.0 Å². The smallest absolute Gasteiger partial charge is 0.242 e. The van der Waals surface area contributed by atoms with Gasteiger partial charge in [0.05, 0.1) is 11.4 Å². The standard InChI is InChI=1S/C20H24N2O3S/c1-20(2,3)16-8-10-17(11-9-16)26(24,25)21-14-19(23)22-13-12-15-6-4-5-7-18(15)22/h4-11,21H,12-14H2,1-3H3. The van der Waals surface area contributed by atoms with Crippen molar-refractivity contribution in [3.05, 3.63) is 59.7 Å². The van der Waals surface area contributed by atoms with Gasteiger partial charge < -0.3 is 4.90 Å². The van der Waals surface area contributed by atoms with Crippen molar-refractivity contribution in [2.45, 2.75) is 37.5 Å². The molecule has 3 rings (SSSR count). The van der Waals surface area contributed by atoms with Crippen molar-refractivity contribution in [2.75, 3.05) is 18.0 Å². The van der Waals surface area contributed by atoms with Gasteiger partial charge in [0.15, 0.2) is 0 Å². The summed E-state index contributed by atoms with van der Waals surface area (Å²) in [5.41, 5.74) is 2.99. The molecule has 1 heterocycles. The van der Waals surface area contributed by atoms with Crippen LogP contribution in [0.4, 0.5) is 5.69 Å². The summed E-state index contributed by atoms with van der Waals surface area (Å²) in [5, 5.41) is 0. The van der Waals surface area contributed by atoms with Crippen LogP contribution in [0.15, 0.2) is 53.4 Å². The number of fused-ring (bicyclic) bond motifs is 1. The number of carbonyl (C=O) groups excluding carboxylic acids is 1. The van der Waals surface area contributed by atoms with E-state index in [4.69, 9.17) is 0 Å². The van der Waals surface area contributed by atoms with Gasteiger partial charge in [-0.05, 0) is 41.2 Å². The molecule has 2 aromatic carbocycles. The van der Waals surface area contributed by atoms with E-state index in [0.717, 1.165) is 23.2 Å². The van der Waals surface area contributed by atoms with Gasteiger partial charge in [0, 0.05) is 12.2 Å². The highest BCUT2D eigenvalue weighted by atomic mass is 32.2. The molecule has 0 saturated heterocycles. The number of amides is 1. The van der Waals surface area contributed by atoms with Crippen LogP contribution < -0.4 is 9.62 Å². The van der Waals surface area contributed by atoms with Gasteiger partial charge in [0.2, 0.25) is 15.9 Å². The Bertz CT molecular complexity index is 913. The molecule has 6 heteroatoms. The Balaban J connectivity index is 1.68. The van der Waals surface area contributed by atoms with Crippen molar-refractivity contribution in [1.82, 2.24) is 4.72 Å². The first-order valence-electron chi connectivity index (χ1n) is 8.67. The summed E-state index contributed by atoms with van der Waals surface area (Å²) < 4.78 is 27.4. The van der Waals surface area contributed by atoms with Gasteiger partial charge >= 0.3 is 0 Å². The fraction of sp³-hybridized carbons (Fsp3) is 0.350. The van der Waals surface area contributed by atoms with Crippen molar-refractivity contribution < 1.29 is 13.2 Å². The number of nitrogens with one attached hydrogen (secondary N) is 1. The number of rotatable bonds is 4. The van der Waals surface area contributed by atoms with Gasteiger partial charge in [0.25, 0.3) is 0 Å². The molecular formula is C20H24N2O3S. The minimum Gasteiger partial charge on any atom is -0.311 e. The van der Waals surface area contributed by atoms with E-state index in [1.807, 2.05) is 36.4 Å². The summed E-state index contributed by atoms with van der Waals surface area (Å²) in [7, 11) is -3.72. The van der Waals surface area contributed by atoms with Gasteiger partial charge in [-0.3, -0.25) is 4.79 Å². The molecule has 1 amide bonds. The lowest BCUT2D eigenvalue weighted by atomic mass is 9.87. The van der Waals surface area contributed by atoms with Gasteiger partial charge in [-0.1, -0.05) is 51.1 Å². The summed E-state index contributed by atoms with van der Waals surface area (Å²) in [6, 6.07) is 14.5. The third-order valence-corrected chi connectivity index (χ3v) is 6.05. The molecule has 0 aromatic heterocycles. The molecule has 0 saturated carbocycles. The number of hydrogen-bond acceptors (Lipinski definition) is 3. The molecule has 138 valence electrons. The summed E-state index contributed by atoms with van der Waals surface area (Å²) in [6.45, 7) is 6.54. The van der Waals surface area contributed by atoms with E-state index in [1.165, 1.54) is 0 Å². The third-order valence-electron chi connectivity index (χ3n) is 4.63. The fourth-order valence-electron chi connectivity index (χ4n) is 3.07. The van der Waals surface area contributed by atoms with Crippen molar-refractivity contribution in [3.8, 4) is 0 Å². The quantitative estimate of drug-likeness (QED) is 0.897. The molecule has 1 aliphatic heterocycles. The second-order valence-electron chi connectivity index (χ2n) is 7.52. The number of anilines is 1. The summed E-state index contributed by atoms with van der Waals surface area (Å²) in [4.78, 5) is 14.3. The zero-order valence-corrected chi connectivity index (χ0v) is 16.1. The molecule has 1 N–H and O–H groups in total. The maximum atomic E-state index is 12.5. The van der Waals surface area contributed by atoms with E-state index in [9.17, 15) is 13.2 Å². The molecule has 2 aromatic rings. The van der Waals surface area contributed by atoms with Crippen molar-refractivity contribution in [3.63, 3.8) is 0 Å². The fourth-order valence-corrected chi connectivity index (χ4v) is 4.04.